The highest BCUT2D eigenvalue weighted by molar-refractivity contribution is 14.1. The van der Waals surface area contributed by atoms with E-state index in [9.17, 15) is 4.79 Å². The lowest BCUT2D eigenvalue weighted by Gasteiger charge is -2.08. The molecular formula is C14H13IN2O. The van der Waals surface area contributed by atoms with Gasteiger partial charge in [-0.05, 0) is 40.3 Å². The minimum Gasteiger partial charge on any atom is -0.287 e. The zero-order valence-electron chi connectivity index (χ0n) is 9.69. The van der Waals surface area contributed by atoms with Crippen LogP contribution in [0, 0.1) is 3.57 Å². The van der Waals surface area contributed by atoms with E-state index in [1.165, 1.54) is 0 Å². The van der Waals surface area contributed by atoms with E-state index in [4.69, 9.17) is 0 Å². The van der Waals surface area contributed by atoms with Crippen molar-refractivity contribution in [3.63, 3.8) is 0 Å². The molecule has 0 bridgehead atoms. The van der Waals surface area contributed by atoms with Crippen LogP contribution in [0.1, 0.15) is 15.9 Å². The number of hydrogen-bond acceptors (Lipinski definition) is 2. The average molecular weight is 352 g/mol. The van der Waals surface area contributed by atoms with Gasteiger partial charge in [-0.3, -0.25) is 10.2 Å². The second kappa shape index (κ2) is 6.51. The first-order valence-corrected chi connectivity index (χ1v) is 6.67. The number of nitrogens with one attached hydrogen (secondary N) is 2. The van der Waals surface area contributed by atoms with E-state index in [-0.39, 0.29) is 5.91 Å². The smallest absolute Gasteiger partial charge is 0.266 e. The summed E-state index contributed by atoms with van der Waals surface area (Å²) in [6, 6.07) is 17.4. The van der Waals surface area contributed by atoms with E-state index < -0.39 is 0 Å². The number of benzene rings is 2. The first-order chi connectivity index (χ1) is 8.77. The fourth-order valence-corrected chi connectivity index (χ4v) is 2.17. The normalized spacial score (nSPS) is 10.1. The van der Waals surface area contributed by atoms with Crippen molar-refractivity contribution in [3.8, 4) is 0 Å². The number of carbonyl (C=O) groups is 1. The van der Waals surface area contributed by atoms with Gasteiger partial charge in [0.1, 0.15) is 0 Å². The van der Waals surface area contributed by atoms with Crippen molar-refractivity contribution in [2.45, 2.75) is 6.54 Å². The van der Waals surface area contributed by atoms with Crippen molar-refractivity contribution in [1.82, 2.24) is 10.9 Å². The van der Waals surface area contributed by atoms with Gasteiger partial charge in [-0.25, -0.2) is 5.43 Å². The minimum atomic E-state index is -0.115. The first-order valence-electron chi connectivity index (χ1n) is 5.59. The van der Waals surface area contributed by atoms with Crippen molar-refractivity contribution < 1.29 is 4.79 Å². The largest absolute Gasteiger partial charge is 0.287 e. The molecule has 0 atom stereocenters. The Bertz CT molecular complexity index is 528. The molecule has 0 fully saturated rings. The topological polar surface area (TPSA) is 41.1 Å². The number of hydrazine groups is 1. The van der Waals surface area contributed by atoms with Crippen LogP contribution < -0.4 is 10.9 Å². The van der Waals surface area contributed by atoms with Crippen LogP contribution >= 0.6 is 22.6 Å². The Morgan fingerprint density at radius 1 is 1.00 bits per heavy atom. The molecule has 2 aromatic carbocycles. The molecule has 2 aromatic rings. The van der Waals surface area contributed by atoms with Crippen molar-refractivity contribution in [1.29, 1.82) is 0 Å². The van der Waals surface area contributed by atoms with Crippen LogP contribution in [0.5, 0.6) is 0 Å². The molecule has 0 saturated heterocycles. The molecule has 92 valence electrons. The summed E-state index contributed by atoms with van der Waals surface area (Å²) in [4.78, 5) is 11.9. The van der Waals surface area contributed by atoms with Crippen LogP contribution in [0.4, 0.5) is 0 Å². The number of carbonyl (C=O) groups excluding carboxylic acids is 1. The van der Waals surface area contributed by atoms with E-state index in [1.807, 2.05) is 48.5 Å². The SMILES string of the molecule is O=C(NNCc1ccccc1)c1ccccc1I. The number of amides is 1. The van der Waals surface area contributed by atoms with E-state index in [2.05, 4.69) is 33.4 Å². The fourth-order valence-electron chi connectivity index (χ4n) is 1.54. The van der Waals surface area contributed by atoms with E-state index in [0.717, 1.165) is 9.13 Å². The van der Waals surface area contributed by atoms with Crippen molar-refractivity contribution >= 4 is 28.5 Å². The minimum absolute atomic E-state index is 0.115. The van der Waals surface area contributed by atoms with Crippen molar-refractivity contribution in [2.75, 3.05) is 0 Å². The Hall–Kier alpha value is -1.40. The maximum absolute atomic E-state index is 11.9. The van der Waals surface area contributed by atoms with Gasteiger partial charge in [-0.15, -0.1) is 0 Å². The summed E-state index contributed by atoms with van der Waals surface area (Å²) >= 11 is 2.15. The van der Waals surface area contributed by atoms with Gasteiger partial charge in [-0.1, -0.05) is 42.5 Å². The molecule has 18 heavy (non-hydrogen) atoms. The Morgan fingerprint density at radius 3 is 2.39 bits per heavy atom. The van der Waals surface area contributed by atoms with Gasteiger partial charge < -0.3 is 0 Å². The molecule has 0 spiro atoms. The van der Waals surface area contributed by atoms with Gasteiger partial charge in [-0.2, -0.15) is 0 Å². The molecule has 3 nitrogen and oxygen atoms in total. The molecule has 0 aliphatic rings. The van der Waals surface area contributed by atoms with E-state index in [0.29, 0.717) is 12.1 Å². The lowest BCUT2D eigenvalue weighted by Crippen LogP contribution is -2.37. The van der Waals surface area contributed by atoms with Gasteiger partial charge in [0, 0.05) is 10.1 Å². The monoisotopic (exact) mass is 352 g/mol. The molecule has 4 heteroatoms. The van der Waals surface area contributed by atoms with Crippen molar-refractivity contribution in [2.24, 2.45) is 0 Å². The quantitative estimate of drug-likeness (QED) is 0.656. The average Bonchev–Trinajstić information content (AvgIpc) is 2.40. The maximum atomic E-state index is 11.9. The Kier molecular flexibility index (Phi) is 4.72. The summed E-state index contributed by atoms with van der Waals surface area (Å²) in [5, 5.41) is 0. The van der Waals surface area contributed by atoms with Gasteiger partial charge in [0.15, 0.2) is 0 Å². The van der Waals surface area contributed by atoms with Crippen molar-refractivity contribution in [3.05, 3.63) is 69.3 Å². The lowest BCUT2D eigenvalue weighted by molar-refractivity contribution is 0.0931. The molecule has 0 aliphatic carbocycles. The lowest BCUT2D eigenvalue weighted by atomic mass is 10.2. The zero-order chi connectivity index (χ0) is 12.8. The molecule has 2 N–H and O–H groups in total. The fraction of sp³-hybridized carbons (Fsp3) is 0.0714. The van der Waals surface area contributed by atoms with E-state index >= 15 is 0 Å². The number of hydrogen-bond donors (Lipinski definition) is 2. The van der Waals surface area contributed by atoms with Crippen LogP contribution in [-0.4, -0.2) is 5.91 Å². The summed E-state index contributed by atoms with van der Waals surface area (Å²) in [7, 11) is 0. The Morgan fingerprint density at radius 2 is 1.67 bits per heavy atom. The molecule has 0 aromatic heterocycles. The predicted octanol–water partition coefficient (Wildman–Crippen LogP) is 2.73. The summed E-state index contributed by atoms with van der Waals surface area (Å²) < 4.78 is 0.939. The highest BCUT2D eigenvalue weighted by atomic mass is 127. The van der Waals surface area contributed by atoms with Gasteiger partial charge in [0.25, 0.3) is 5.91 Å². The third kappa shape index (κ3) is 3.54. The summed E-state index contributed by atoms with van der Waals surface area (Å²) in [6.45, 7) is 0.607. The van der Waals surface area contributed by atoms with E-state index in [1.54, 1.807) is 6.07 Å². The standard InChI is InChI=1S/C14H13IN2O/c15-13-9-5-4-8-12(13)14(18)17-16-10-11-6-2-1-3-7-11/h1-9,16H,10H2,(H,17,18). The highest BCUT2D eigenvalue weighted by Crippen LogP contribution is 2.10. The molecule has 0 heterocycles. The van der Waals surface area contributed by atoms with Crippen LogP contribution in [0.2, 0.25) is 0 Å². The predicted molar refractivity (Wildman–Crippen MR) is 79.9 cm³/mol. The number of rotatable bonds is 4. The van der Waals surface area contributed by atoms with Crippen LogP contribution in [-0.2, 0) is 6.54 Å². The van der Waals surface area contributed by atoms with Crippen LogP contribution in [0.15, 0.2) is 54.6 Å². The first kappa shape index (κ1) is 13.0. The maximum Gasteiger partial charge on any atom is 0.266 e. The van der Waals surface area contributed by atoms with Crippen LogP contribution in [0.25, 0.3) is 0 Å². The van der Waals surface area contributed by atoms with Gasteiger partial charge in [0.2, 0.25) is 0 Å². The van der Waals surface area contributed by atoms with Gasteiger partial charge >= 0.3 is 0 Å². The zero-order valence-corrected chi connectivity index (χ0v) is 11.8. The molecule has 1 amide bonds. The molecule has 0 unspecified atom stereocenters. The molecule has 2 rings (SSSR count). The number of halogens is 1. The second-order valence-corrected chi connectivity index (χ2v) is 4.94. The Balaban J connectivity index is 1.88. The third-order valence-corrected chi connectivity index (χ3v) is 3.40. The third-order valence-electron chi connectivity index (χ3n) is 2.46. The molecule has 0 radical (unpaired) electrons. The molecule has 0 aliphatic heterocycles. The summed E-state index contributed by atoms with van der Waals surface area (Å²) in [5.74, 6) is -0.115. The second-order valence-electron chi connectivity index (χ2n) is 3.77. The van der Waals surface area contributed by atoms with Crippen LogP contribution in [0.3, 0.4) is 0 Å². The summed E-state index contributed by atoms with van der Waals surface area (Å²) in [5.41, 5.74) is 7.42. The van der Waals surface area contributed by atoms with Gasteiger partial charge in [0.05, 0.1) is 5.56 Å². The molecular weight excluding hydrogens is 339 g/mol. The molecule has 0 saturated carbocycles. The highest BCUT2D eigenvalue weighted by Gasteiger charge is 2.07. The Labute approximate surface area is 120 Å². The summed E-state index contributed by atoms with van der Waals surface area (Å²) in [6.07, 6.45) is 0.